The van der Waals surface area contributed by atoms with Crippen molar-refractivity contribution in [1.82, 2.24) is 4.98 Å². The van der Waals surface area contributed by atoms with Crippen LogP contribution in [0.3, 0.4) is 0 Å². The summed E-state index contributed by atoms with van der Waals surface area (Å²) >= 11 is 0. The molecule has 144 valence electrons. The van der Waals surface area contributed by atoms with Gasteiger partial charge < -0.3 is 9.53 Å². The highest BCUT2D eigenvalue weighted by Gasteiger charge is 2.18. The van der Waals surface area contributed by atoms with Gasteiger partial charge in [0.15, 0.2) is 0 Å². The number of benzene rings is 1. The second kappa shape index (κ2) is 12.4. The molecule has 2 aromatic rings. The van der Waals surface area contributed by atoms with Gasteiger partial charge in [-0.05, 0) is 47.1 Å². The van der Waals surface area contributed by atoms with E-state index in [-0.39, 0.29) is 5.41 Å². The third-order valence-electron chi connectivity index (χ3n) is 4.32. The lowest BCUT2D eigenvalue weighted by atomic mass is 9.81. The molecule has 0 N–H and O–H groups in total. The summed E-state index contributed by atoms with van der Waals surface area (Å²) in [7, 11) is 3.25. The van der Waals surface area contributed by atoms with Gasteiger partial charge in [0.1, 0.15) is 6.29 Å². The number of carbonyl (C=O) groups is 1. The van der Waals surface area contributed by atoms with Crippen LogP contribution in [0.15, 0.2) is 36.7 Å². The van der Waals surface area contributed by atoms with E-state index in [1.807, 2.05) is 26.1 Å². The van der Waals surface area contributed by atoms with E-state index in [2.05, 4.69) is 55.6 Å². The SMILES string of the molecule is CC.CCC(C)(C)c1ccc(-c2cncc(CC=O)c2)c(C)c1.COC. The summed E-state index contributed by atoms with van der Waals surface area (Å²) in [5, 5.41) is 0. The zero-order chi connectivity index (χ0) is 20.2. The van der Waals surface area contributed by atoms with Crippen LogP contribution in [0.5, 0.6) is 0 Å². The molecule has 0 amide bonds. The van der Waals surface area contributed by atoms with E-state index in [1.165, 1.54) is 16.7 Å². The molecule has 0 saturated carbocycles. The van der Waals surface area contributed by atoms with Crippen LogP contribution in [0.1, 0.15) is 57.7 Å². The fourth-order valence-corrected chi connectivity index (χ4v) is 2.46. The van der Waals surface area contributed by atoms with Crippen molar-refractivity contribution >= 4 is 6.29 Å². The van der Waals surface area contributed by atoms with Gasteiger partial charge in [-0.2, -0.15) is 0 Å². The normalized spacial score (nSPS) is 10.2. The molecule has 1 aromatic heterocycles. The number of aryl methyl sites for hydroxylation is 1. The molecule has 0 aliphatic rings. The number of nitrogens with zero attached hydrogens (tertiary/aromatic N) is 1. The largest absolute Gasteiger partial charge is 0.388 e. The summed E-state index contributed by atoms with van der Waals surface area (Å²) in [6, 6.07) is 8.70. The van der Waals surface area contributed by atoms with E-state index >= 15 is 0 Å². The summed E-state index contributed by atoms with van der Waals surface area (Å²) in [5.41, 5.74) is 6.03. The third-order valence-corrected chi connectivity index (χ3v) is 4.32. The molecule has 2 rings (SSSR count). The first-order valence-electron chi connectivity index (χ1n) is 9.28. The zero-order valence-corrected chi connectivity index (χ0v) is 17.7. The predicted molar refractivity (Wildman–Crippen MR) is 112 cm³/mol. The Morgan fingerprint density at radius 3 is 2.23 bits per heavy atom. The number of hydrogen-bond donors (Lipinski definition) is 0. The maximum absolute atomic E-state index is 10.6. The van der Waals surface area contributed by atoms with Gasteiger partial charge in [-0.25, -0.2) is 0 Å². The van der Waals surface area contributed by atoms with Crippen LogP contribution >= 0.6 is 0 Å². The Hall–Kier alpha value is -2.00. The summed E-state index contributed by atoms with van der Waals surface area (Å²) in [6.45, 7) is 12.9. The van der Waals surface area contributed by atoms with Gasteiger partial charge in [0.05, 0.1) is 0 Å². The number of aromatic nitrogens is 1. The first-order valence-corrected chi connectivity index (χ1v) is 9.28. The molecule has 3 nitrogen and oxygen atoms in total. The number of carbonyl (C=O) groups excluding carboxylic acids is 1. The average molecular weight is 358 g/mol. The lowest BCUT2D eigenvalue weighted by Crippen LogP contribution is -2.15. The van der Waals surface area contributed by atoms with Crippen molar-refractivity contribution in [3.8, 4) is 11.1 Å². The van der Waals surface area contributed by atoms with Crippen molar-refractivity contribution in [2.24, 2.45) is 0 Å². The molecule has 1 heterocycles. The standard InChI is InChI=1S/C19H23NO.C2H6O.C2H6/c1-5-19(3,4)17-6-7-18(14(2)10-17)16-11-15(8-9-21)12-20-13-16;1-3-2;1-2/h6-7,9-13H,5,8H2,1-4H3;1-2H3;1-2H3. The minimum absolute atomic E-state index is 0.195. The van der Waals surface area contributed by atoms with Crippen LogP contribution in [-0.2, 0) is 21.4 Å². The number of pyridine rings is 1. The van der Waals surface area contributed by atoms with Crippen molar-refractivity contribution in [3.63, 3.8) is 0 Å². The van der Waals surface area contributed by atoms with Crippen molar-refractivity contribution in [1.29, 1.82) is 0 Å². The summed E-state index contributed by atoms with van der Waals surface area (Å²) in [4.78, 5) is 14.9. The highest BCUT2D eigenvalue weighted by molar-refractivity contribution is 5.68. The lowest BCUT2D eigenvalue weighted by Gasteiger charge is -2.24. The monoisotopic (exact) mass is 357 g/mol. The van der Waals surface area contributed by atoms with E-state index in [1.54, 1.807) is 20.4 Å². The fourth-order valence-electron chi connectivity index (χ4n) is 2.46. The molecule has 26 heavy (non-hydrogen) atoms. The van der Waals surface area contributed by atoms with Gasteiger partial charge in [-0.3, -0.25) is 4.98 Å². The molecule has 3 heteroatoms. The van der Waals surface area contributed by atoms with Gasteiger partial charge in [-0.15, -0.1) is 0 Å². The predicted octanol–water partition coefficient (Wildman–Crippen LogP) is 5.77. The van der Waals surface area contributed by atoms with Gasteiger partial charge in [0.25, 0.3) is 0 Å². The van der Waals surface area contributed by atoms with Crippen LogP contribution in [0.25, 0.3) is 11.1 Å². The van der Waals surface area contributed by atoms with E-state index in [0.29, 0.717) is 6.42 Å². The van der Waals surface area contributed by atoms with Crippen molar-refractivity contribution in [2.45, 2.75) is 59.8 Å². The molecular weight excluding hydrogens is 322 g/mol. The fraction of sp³-hybridized carbons (Fsp3) is 0.478. The number of hydrogen-bond acceptors (Lipinski definition) is 3. The molecular formula is C23H35NO2. The second-order valence-electron chi connectivity index (χ2n) is 6.63. The molecule has 0 fully saturated rings. The molecule has 0 atom stereocenters. The summed E-state index contributed by atoms with van der Waals surface area (Å²) in [6.07, 6.45) is 6.06. The number of ether oxygens (including phenoxy) is 1. The van der Waals surface area contributed by atoms with Crippen molar-refractivity contribution < 1.29 is 9.53 Å². The van der Waals surface area contributed by atoms with Crippen LogP contribution in [0, 0.1) is 6.92 Å². The van der Waals surface area contributed by atoms with Gasteiger partial charge >= 0.3 is 0 Å². The summed E-state index contributed by atoms with van der Waals surface area (Å²) < 4.78 is 4.25. The van der Waals surface area contributed by atoms with E-state index < -0.39 is 0 Å². The molecule has 1 aromatic carbocycles. The Balaban J connectivity index is 0.00000113. The maximum Gasteiger partial charge on any atom is 0.124 e. The Kier molecular flexibility index (Phi) is 11.4. The first kappa shape index (κ1) is 24.0. The summed E-state index contributed by atoms with van der Waals surface area (Å²) in [5.74, 6) is 0. The average Bonchev–Trinajstić information content (AvgIpc) is 2.64. The molecule has 0 saturated heterocycles. The Bertz CT molecular complexity index is 663. The maximum atomic E-state index is 10.6. The number of rotatable bonds is 5. The van der Waals surface area contributed by atoms with Gasteiger partial charge in [0.2, 0.25) is 0 Å². The highest BCUT2D eigenvalue weighted by atomic mass is 16.4. The highest BCUT2D eigenvalue weighted by Crippen LogP contribution is 2.31. The van der Waals surface area contributed by atoms with Gasteiger partial charge in [-0.1, -0.05) is 52.8 Å². The number of methoxy groups -OCH3 is 1. The van der Waals surface area contributed by atoms with Crippen LogP contribution in [-0.4, -0.2) is 25.5 Å². The van der Waals surface area contributed by atoms with Crippen LogP contribution < -0.4 is 0 Å². The lowest BCUT2D eigenvalue weighted by molar-refractivity contribution is -0.107. The third kappa shape index (κ3) is 7.09. The molecule has 0 unspecified atom stereocenters. The molecule has 0 aliphatic carbocycles. The Morgan fingerprint density at radius 1 is 1.12 bits per heavy atom. The minimum atomic E-state index is 0.195. The first-order chi connectivity index (χ1) is 12.4. The number of aldehydes is 1. The smallest absolute Gasteiger partial charge is 0.124 e. The Labute approximate surface area is 159 Å². The molecule has 0 radical (unpaired) electrons. The van der Waals surface area contributed by atoms with Crippen molar-refractivity contribution in [2.75, 3.05) is 14.2 Å². The topological polar surface area (TPSA) is 39.2 Å². The molecule has 0 aliphatic heterocycles. The molecule has 0 bridgehead atoms. The van der Waals surface area contributed by atoms with Crippen molar-refractivity contribution in [3.05, 3.63) is 53.3 Å². The van der Waals surface area contributed by atoms with E-state index in [9.17, 15) is 4.79 Å². The Morgan fingerprint density at radius 2 is 1.73 bits per heavy atom. The molecule has 0 spiro atoms. The second-order valence-corrected chi connectivity index (χ2v) is 6.63. The quantitative estimate of drug-likeness (QED) is 0.637. The zero-order valence-electron chi connectivity index (χ0n) is 17.7. The minimum Gasteiger partial charge on any atom is -0.388 e. The van der Waals surface area contributed by atoms with E-state index in [0.717, 1.165) is 23.8 Å². The van der Waals surface area contributed by atoms with E-state index in [4.69, 9.17) is 0 Å². The van der Waals surface area contributed by atoms with Crippen LogP contribution in [0.4, 0.5) is 0 Å². The van der Waals surface area contributed by atoms with Gasteiger partial charge in [0, 0.05) is 38.6 Å². The van der Waals surface area contributed by atoms with Crippen LogP contribution in [0.2, 0.25) is 0 Å².